The summed E-state index contributed by atoms with van der Waals surface area (Å²) in [6, 6.07) is 0. The highest BCUT2D eigenvalue weighted by atomic mass is 31.2. The number of carboxylic acid groups (broad SMARTS) is 1. The SMILES string of the molecule is O=COCN1CCN(COC=O)CCN(CC(=O)CCCCC(O)(P(=O)(O)O)P(=O)(O)O)CCN(CC(=O)O)CC1. The molecule has 0 aromatic rings. The summed E-state index contributed by atoms with van der Waals surface area (Å²) >= 11 is 0. The maximum Gasteiger partial charge on any atom is 0.369 e. The highest BCUT2D eigenvalue weighted by molar-refractivity contribution is 7.72. The normalized spacial score (nSPS) is 18.2. The Morgan fingerprint density at radius 3 is 1.46 bits per heavy atom. The van der Waals surface area contributed by atoms with Gasteiger partial charge in [0.15, 0.2) is 0 Å². The zero-order valence-corrected chi connectivity index (χ0v) is 24.4. The number of ketones is 1. The fraction of sp³-hybridized carbons (Fsp3) is 0.810. The molecule has 0 aromatic heterocycles. The van der Waals surface area contributed by atoms with Crippen molar-refractivity contribution in [1.29, 1.82) is 0 Å². The summed E-state index contributed by atoms with van der Waals surface area (Å²) in [5.41, 5.74) is 0. The van der Waals surface area contributed by atoms with Crippen LogP contribution in [0, 0.1) is 0 Å². The molecule has 1 heterocycles. The first kappa shape index (κ1) is 37.2. The highest BCUT2D eigenvalue weighted by Crippen LogP contribution is 2.69. The van der Waals surface area contributed by atoms with E-state index in [9.17, 15) is 58.1 Å². The van der Waals surface area contributed by atoms with Gasteiger partial charge in [0, 0.05) is 58.8 Å². The van der Waals surface area contributed by atoms with Crippen molar-refractivity contribution in [3.8, 4) is 0 Å². The molecule has 6 N–H and O–H groups in total. The molecule has 0 saturated carbocycles. The third kappa shape index (κ3) is 13.8. The zero-order chi connectivity index (χ0) is 31.1. The Kier molecular flexibility index (Phi) is 16.3. The van der Waals surface area contributed by atoms with E-state index in [0.29, 0.717) is 58.8 Å². The van der Waals surface area contributed by atoms with Crippen LogP contribution in [0.5, 0.6) is 0 Å². The summed E-state index contributed by atoms with van der Waals surface area (Å²) in [7, 11) is -11.1. The molecule has 1 saturated heterocycles. The number of aliphatic hydroxyl groups is 1. The fourth-order valence-electron chi connectivity index (χ4n) is 4.09. The van der Waals surface area contributed by atoms with Gasteiger partial charge in [-0.1, -0.05) is 0 Å². The first-order chi connectivity index (χ1) is 19.1. The van der Waals surface area contributed by atoms with Crippen LogP contribution in [0.15, 0.2) is 0 Å². The summed E-state index contributed by atoms with van der Waals surface area (Å²) in [6.07, 6.45) is -1.26. The van der Waals surface area contributed by atoms with Crippen molar-refractivity contribution in [2.45, 2.75) is 30.8 Å². The largest absolute Gasteiger partial charge is 0.480 e. The third-order valence-electron chi connectivity index (χ3n) is 6.49. The second-order valence-corrected chi connectivity index (χ2v) is 13.6. The number of Topliss-reactive ketones (excluding diaryl/α,β-unsaturated/α-hetero) is 1. The van der Waals surface area contributed by atoms with Crippen molar-refractivity contribution in [2.75, 3.05) is 78.9 Å². The lowest BCUT2D eigenvalue weighted by Crippen LogP contribution is -2.48. The summed E-state index contributed by atoms with van der Waals surface area (Å²) in [6.45, 7) is 3.02. The molecular weight excluding hydrogens is 594 g/mol. The van der Waals surface area contributed by atoms with Gasteiger partial charge in [-0.05, 0) is 19.3 Å². The van der Waals surface area contributed by atoms with E-state index in [1.54, 1.807) is 19.6 Å². The lowest BCUT2D eigenvalue weighted by atomic mass is 10.1. The standard InChI is InChI=1S/C21H40N4O14P2/c26-17-38-15-24-9-7-22(5-6-23(14-20(29)30)8-10-25(12-11-24)16-39-18-27)13-19(28)3-1-2-4-21(31,40(32,33)34)41(35,36)37/h17-18,31H,1-16H2,(H,29,30)(H2,32,33,34)(H2,35,36,37). The van der Waals surface area contributed by atoms with Gasteiger partial charge in [-0.3, -0.25) is 47.9 Å². The van der Waals surface area contributed by atoms with Crippen molar-refractivity contribution < 1.29 is 67.6 Å². The van der Waals surface area contributed by atoms with Crippen LogP contribution in [-0.2, 0) is 37.8 Å². The molecule has 1 rings (SSSR count). The van der Waals surface area contributed by atoms with Crippen LogP contribution in [-0.4, -0.2) is 158 Å². The van der Waals surface area contributed by atoms with Gasteiger partial charge in [-0.15, -0.1) is 0 Å². The Balaban J connectivity index is 2.87. The average molecular weight is 635 g/mol. The Hall–Kier alpha value is -1.82. The maximum atomic E-state index is 12.7. The molecule has 20 heteroatoms. The van der Waals surface area contributed by atoms with Gasteiger partial charge in [-0.2, -0.15) is 0 Å². The number of unbranched alkanes of at least 4 members (excludes halogenated alkanes) is 1. The van der Waals surface area contributed by atoms with Crippen molar-refractivity contribution in [1.82, 2.24) is 19.6 Å². The summed E-state index contributed by atoms with van der Waals surface area (Å²) < 4.78 is 32.7. The molecule has 0 bridgehead atoms. The second kappa shape index (κ2) is 18.0. The molecule has 0 aromatic carbocycles. The second-order valence-electron chi connectivity index (χ2n) is 9.57. The van der Waals surface area contributed by atoms with Crippen LogP contribution in [0.4, 0.5) is 0 Å². The van der Waals surface area contributed by atoms with Crippen LogP contribution in [0.1, 0.15) is 25.7 Å². The van der Waals surface area contributed by atoms with Crippen molar-refractivity contribution in [3.05, 3.63) is 0 Å². The van der Waals surface area contributed by atoms with E-state index < -0.39 is 32.7 Å². The quantitative estimate of drug-likeness (QED) is 0.0558. The van der Waals surface area contributed by atoms with Gasteiger partial charge in [0.2, 0.25) is 0 Å². The van der Waals surface area contributed by atoms with Crippen LogP contribution >= 0.6 is 15.2 Å². The summed E-state index contributed by atoms with van der Waals surface area (Å²) in [4.78, 5) is 89.5. The molecule has 0 spiro atoms. The molecule has 0 amide bonds. The van der Waals surface area contributed by atoms with Crippen LogP contribution in [0.2, 0.25) is 0 Å². The van der Waals surface area contributed by atoms with Crippen LogP contribution in [0.25, 0.3) is 0 Å². The third-order valence-corrected chi connectivity index (χ3v) is 10.4. The average Bonchev–Trinajstić information content (AvgIpc) is 2.86. The molecule has 1 fully saturated rings. The lowest BCUT2D eigenvalue weighted by Gasteiger charge is -2.33. The predicted molar refractivity (Wildman–Crippen MR) is 140 cm³/mol. The number of hydrogen-bond donors (Lipinski definition) is 6. The molecule has 1 aliphatic rings. The number of aliphatic carboxylic acids is 1. The number of carbonyl (C=O) groups is 4. The van der Waals surface area contributed by atoms with Gasteiger partial charge < -0.3 is 39.3 Å². The number of carbonyl (C=O) groups excluding carboxylic acids is 3. The number of hydrogen-bond acceptors (Lipinski definition) is 13. The van der Waals surface area contributed by atoms with E-state index >= 15 is 0 Å². The van der Waals surface area contributed by atoms with E-state index in [2.05, 4.69) is 0 Å². The molecule has 0 radical (unpaired) electrons. The van der Waals surface area contributed by atoms with Crippen molar-refractivity contribution in [3.63, 3.8) is 0 Å². The Bertz CT molecular complexity index is 923. The minimum Gasteiger partial charge on any atom is -0.480 e. The number of ether oxygens (including phenoxy) is 2. The van der Waals surface area contributed by atoms with E-state index in [1.807, 2.05) is 0 Å². The number of carboxylic acids is 1. The molecular formula is C21H40N4O14P2. The van der Waals surface area contributed by atoms with Crippen molar-refractivity contribution in [2.24, 2.45) is 0 Å². The van der Waals surface area contributed by atoms with Crippen molar-refractivity contribution >= 4 is 39.9 Å². The Labute approximate surface area is 237 Å². The molecule has 1 aliphatic heterocycles. The predicted octanol–water partition coefficient (Wildman–Crippen LogP) is -2.32. The first-order valence-electron chi connectivity index (χ1n) is 12.7. The summed E-state index contributed by atoms with van der Waals surface area (Å²) in [5, 5.41) is 15.7. The van der Waals surface area contributed by atoms with E-state index in [4.69, 9.17) is 9.47 Å². The first-order valence-corrected chi connectivity index (χ1v) is 15.9. The van der Waals surface area contributed by atoms with E-state index in [1.165, 1.54) is 0 Å². The van der Waals surface area contributed by atoms with Gasteiger partial charge in [0.25, 0.3) is 18.0 Å². The monoisotopic (exact) mass is 634 g/mol. The Morgan fingerprint density at radius 2 is 1.10 bits per heavy atom. The number of rotatable bonds is 17. The van der Waals surface area contributed by atoms with Gasteiger partial charge >= 0.3 is 21.2 Å². The van der Waals surface area contributed by atoms with Crippen LogP contribution in [0.3, 0.4) is 0 Å². The number of nitrogens with zero attached hydrogens (tertiary/aromatic N) is 4. The van der Waals surface area contributed by atoms with Gasteiger partial charge in [-0.25, -0.2) is 0 Å². The fourth-order valence-corrected chi connectivity index (χ4v) is 6.35. The maximum absolute atomic E-state index is 12.7. The molecule has 0 aliphatic carbocycles. The Morgan fingerprint density at radius 1 is 0.707 bits per heavy atom. The molecule has 41 heavy (non-hydrogen) atoms. The molecule has 238 valence electrons. The van der Waals surface area contributed by atoms with E-state index in [-0.39, 0.29) is 58.1 Å². The zero-order valence-electron chi connectivity index (χ0n) is 22.6. The smallest absolute Gasteiger partial charge is 0.369 e. The molecule has 18 nitrogen and oxygen atoms in total. The van der Waals surface area contributed by atoms with Gasteiger partial charge in [0.05, 0.1) is 13.1 Å². The topological polar surface area (TPSA) is 255 Å². The highest BCUT2D eigenvalue weighted by Gasteiger charge is 2.58. The van der Waals surface area contributed by atoms with Crippen LogP contribution < -0.4 is 0 Å². The molecule has 0 atom stereocenters. The van der Waals surface area contributed by atoms with E-state index in [0.717, 1.165) is 0 Å². The lowest BCUT2D eigenvalue weighted by molar-refractivity contribution is -0.139. The summed E-state index contributed by atoms with van der Waals surface area (Å²) in [5.74, 6) is -1.33. The minimum atomic E-state index is -5.57. The van der Waals surface area contributed by atoms with Gasteiger partial charge in [0.1, 0.15) is 19.2 Å². The molecule has 0 unspecified atom stereocenters. The minimum absolute atomic E-state index is 0.00187.